The highest BCUT2D eigenvalue weighted by atomic mass is 32.2. The third-order valence-electron chi connectivity index (χ3n) is 1.31. The van der Waals surface area contributed by atoms with Gasteiger partial charge in [0, 0.05) is 13.2 Å². The molecule has 0 radical (unpaired) electrons. The lowest BCUT2D eigenvalue weighted by Gasteiger charge is -1.99. The predicted molar refractivity (Wildman–Crippen MR) is 46.4 cm³/mol. The minimum Gasteiger partial charge on any atom is -0.280 e. The highest BCUT2D eigenvalue weighted by Gasteiger charge is 2.06. The number of rotatable bonds is 2. The van der Waals surface area contributed by atoms with Crippen molar-refractivity contribution in [2.75, 3.05) is 11.0 Å². The quantitative estimate of drug-likeness (QED) is 0.717. The Morgan fingerprint density at radius 1 is 1.58 bits per heavy atom. The molecular weight excluding hydrogens is 178 g/mol. The molecule has 0 amide bonds. The Bertz CT molecular complexity index is 379. The number of anilines is 1. The van der Waals surface area contributed by atoms with Gasteiger partial charge in [-0.05, 0) is 6.92 Å². The van der Waals surface area contributed by atoms with E-state index < -0.39 is 10.0 Å². The summed E-state index contributed by atoms with van der Waals surface area (Å²) in [5, 5.41) is 3.98. The summed E-state index contributed by atoms with van der Waals surface area (Å²) in [5.41, 5.74) is 1.20. The van der Waals surface area contributed by atoms with Crippen LogP contribution < -0.4 is 4.72 Å². The van der Waals surface area contributed by atoms with Crippen LogP contribution in [-0.4, -0.2) is 24.5 Å². The molecule has 0 saturated carbocycles. The van der Waals surface area contributed by atoms with E-state index in [0.29, 0.717) is 11.4 Å². The van der Waals surface area contributed by atoms with Crippen molar-refractivity contribution in [3.63, 3.8) is 0 Å². The number of aromatic nitrogens is 2. The van der Waals surface area contributed by atoms with Gasteiger partial charge in [-0.2, -0.15) is 5.10 Å². The van der Waals surface area contributed by atoms with Crippen molar-refractivity contribution in [3.8, 4) is 0 Å². The first-order chi connectivity index (χ1) is 5.38. The fraction of sp³-hybridized carbons (Fsp3) is 0.500. The Hall–Kier alpha value is -1.04. The van der Waals surface area contributed by atoms with Gasteiger partial charge in [0.25, 0.3) is 0 Å². The summed E-state index contributed by atoms with van der Waals surface area (Å²) in [4.78, 5) is 0. The zero-order chi connectivity index (χ0) is 9.35. The van der Waals surface area contributed by atoms with Crippen LogP contribution in [0.15, 0.2) is 6.20 Å². The molecule has 1 rings (SSSR count). The van der Waals surface area contributed by atoms with Crippen molar-refractivity contribution in [3.05, 3.63) is 11.9 Å². The number of hydrogen-bond acceptors (Lipinski definition) is 3. The summed E-state index contributed by atoms with van der Waals surface area (Å²) in [6.07, 6.45) is 2.73. The van der Waals surface area contributed by atoms with Gasteiger partial charge in [0.15, 0.2) is 0 Å². The molecule has 12 heavy (non-hydrogen) atoms. The van der Waals surface area contributed by atoms with Crippen LogP contribution in [0, 0.1) is 6.92 Å². The SMILES string of the molecule is Cc1nn(C)cc1NS(C)(=O)=O. The van der Waals surface area contributed by atoms with Crippen LogP contribution in [0.3, 0.4) is 0 Å². The van der Waals surface area contributed by atoms with Crippen LogP contribution >= 0.6 is 0 Å². The fourth-order valence-corrected chi connectivity index (χ4v) is 1.50. The van der Waals surface area contributed by atoms with Crippen molar-refractivity contribution >= 4 is 15.7 Å². The number of aryl methyl sites for hydroxylation is 2. The van der Waals surface area contributed by atoms with Gasteiger partial charge in [-0.1, -0.05) is 0 Å². The molecule has 5 nitrogen and oxygen atoms in total. The van der Waals surface area contributed by atoms with Gasteiger partial charge in [0.2, 0.25) is 10.0 Å². The first-order valence-electron chi connectivity index (χ1n) is 3.36. The number of sulfonamides is 1. The lowest BCUT2D eigenvalue weighted by atomic mass is 10.4. The third-order valence-corrected chi connectivity index (χ3v) is 1.90. The second-order valence-electron chi connectivity index (χ2n) is 2.68. The normalized spacial score (nSPS) is 11.6. The molecule has 0 fully saturated rings. The third kappa shape index (κ3) is 2.23. The van der Waals surface area contributed by atoms with Crippen molar-refractivity contribution in [1.29, 1.82) is 0 Å². The molecule has 1 aromatic rings. The van der Waals surface area contributed by atoms with E-state index in [0.717, 1.165) is 6.26 Å². The van der Waals surface area contributed by atoms with Crippen LogP contribution in [0.2, 0.25) is 0 Å². The lowest BCUT2D eigenvalue weighted by Crippen LogP contribution is -2.09. The van der Waals surface area contributed by atoms with E-state index in [1.54, 1.807) is 24.9 Å². The second kappa shape index (κ2) is 2.78. The summed E-state index contributed by atoms with van der Waals surface area (Å²) in [5.74, 6) is 0. The summed E-state index contributed by atoms with van der Waals surface area (Å²) < 4.78 is 25.5. The number of nitrogens with zero attached hydrogens (tertiary/aromatic N) is 2. The van der Waals surface area contributed by atoms with Crippen LogP contribution in [0.1, 0.15) is 5.69 Å². The van der Waals surface area contributed by atoms with Crippen LogP contribution in [0.25, 0.3) is 0 Å². The van der Waals surface area contributed by atoms with Crippen molar-refractivity contribution in [2.24, 2.45) is 7.05 Å². The monoisotopic (exact) mass is 189 g/mol. The Balaban J connectivity index is 2.97. The average molecular weight is 189 g/mol. The zero-order valence-electron chi connectivity index (χ0n) is 7.20. The predicted octanol–water partition coefficient (Wildman–Crippen LogP) is 0.100. The minimum absolute atomic E-state index is 0.528. The molecule has 0 aliphatic carbocycles. The van der Waals surface area contributed by atoms with Crippen LogP contribution in [0.5, 0.6) is 0 Å². The van der Waals surface area contributed by atoms with Crippen molar-refractivity contribution in [2.45, 2.75) is 6.92 Å². The first kappa shape index (κ1) is 9.05. The van der Waals surface area contributed by atoms with E-state index >= 15 is 0 Å². The van der Waals surface area contributed by atoms with Crippen molar-refractivity contribution in [1.82, 2.24) is 9.78 Å². The fourth-order valence-electron chi connectivity index (χ4n) is 0.900. The smallest absolute Gasteiger partial charge is 0.229 e. The molecule has 0 unspecified atom stereocenters. The topological polar surface area (TPSA) is 64.0 Å². The molecule has 0 aliphatic rings. The van der Waals surface area contributed by atoms with Crippen molar-refractivity contribution < 1.29 is 8.42 Å². The molecule has 1 N–H and O–H groups in total. The Labute approximate surface area is 71.4 Å². The van der Waals surface area contributed by atoms with E-state index in [1.807, 2.05) is 0 Å². The molecule has 68 valence electrons. The molecule has 0 saturated heterocycles. The number of hydrogen-bond donors (Lipinski definition) is 1. The van der Waals surface area contributed by atoms with E-state index in [-0.39, 0.29) is 0 Å². The second-order valence-corrected chi connectivity index (χ2v) is 4.42. The van der Waals surface area contributed by atoms with Gasteiger partial charge in [-0.25, -0.2) is 8.42 Å². The molecule has 0 bridgehead atoms. The van der Waals surface area contributed by atoms with E-state index in [9.17, 15) is 8.42 Å². The lowest BCUT2D eigenvalue weighted by molar-refractivity contribution is 0.607. The van der Waals surface area contributed by atoms with Gasteiger partial charge in [-0.3, -0.25) is 9.40 Å². The Morgan fingerprint density at radius 2 is 2.17 bits per heavy atom. The molecule has 0 atom stereocenters. The highest BCUT2D eigenvalue weighted by Crippen LogP contribution is 2.12. The van der Waals surface area contributed by atoms with Gasteiger partial charge in [0.1, 0.15) is 0 Å². The summed E-state index contributed by atoms with van der Waals surface area (Å²) in [7, 11) is -1.45. The minimum atomic E-state index is -3.19. The van der Waals surface area contributed by atoms with Gasteiger partial charge < -0.3 is 0 Å². The molecular formula is C6H11N3O2S. The average Bonchev–Trinajstić information content (AvgIpc) is 2.06. The largest absolute Gasteiger partial charge is 0.280 e. The molecule has 0 aliphatic heterocycles. The molecule has 1 aromatic heterocycles. The van der Waals surface area contributed by atoms with E-state index in [2.05, 4.69) is 9.82 Å². The number of nitrogens with one attached hydrogen (secondary N) is 1. The Kier molecular flexibility index (Phi) is 2.10. The summed E-state index contributed by atoms with van der Waals surface area (Å²) in [6.45, 7) is 1.74. The summed E-state index contributed by atoms with van der Waals surface area (Å²) >= 11 is 0. The maximum atomic E-state index is 10.8. The maximum absolute atomic E-state index is 10.8. The van der Waals surface area contributed by atoms with Crippen LogP contribution in [-0.2, 0) is 17.1 Å². The molecule has 6 heteroatoms. The summed E-state index contributed by atoms with van der Waals surface area (Å²) in [6, 6.07) is 0. The van der Waals surface area contributed by atoms with Crippen LogP contribution in [0.4, 0.5) is 5.69 Å². The Morgan fingerprint density at radius 3 is 2.50 bits per heavy atom. The van der Waals surface area contributed by atoms with Gasteiger partial charge in [0.05, 0.1) is 17.6 Å². The van der Waals surface area contributed by atoms with Gasteiger partial charge in [-0.15, -0.1) is 0 Å². The van der Waals surface area contributed by atoms with E-state index in [1.165, 1.54) is 0 Å². The first-order valence-corrected chi connectivity index (χ1v) is 5.25. The van der Waals surface area contributed by atoms with E-state index in [4.69, 9.17) is 0 Å². The van der Waals surface area contributed by atoms with Gasteiger partial charge >= 0.3 is 0 Å². The maximum Gasteiger partial charge on any atom is 0.229 e. The highest BCUT2D eigenvalue weighted by molar-refractivity contribution is 7.92. The molecule has 0 spiro atoms. The standard InChI is InChI=1S/C6H11N3O2S/c1-5-6(4-9(2)7-5)8-12(3,10)11/h4,8H,1-3H3. The molecule has 1 heterocycles. The zero-order valence-corrected chi connectivity index (χ0v) is 8.01. The molecule has 0 aromatic carbocycles.